The molecule has 1 aromatic carbocycles. The van der Waals surface area contributed by atoms with Gasteiger partial charge in [0, 0.05) is 25.5 Å². The van der Waals surface area contributed by atoms with Gasteiger partial charge in [-0.3, -0.25) is 4.98 Å². The van der Waals surface area contributed by atoms with Crippen molar-refractivity contribution in [3.05, 3.63) is 65.5 Å². The number of guanidine groups is 1. The molecule has 4 nitrogen and oxygen atoms in total. The second-order valence-corrected chi connectivity index (χ2v) is 5.16. The normalized spacial score (nSPS) is 11.3. The molecule has 4 heteroatoms. The molecule has 0 atom stereocenters. The highest BCUT2D eigenvalue weighted by molar-refractivity contribution is 5.79. The molecule has 116 valence electrons. The number of aliphatic imine (C=N–C) groups is 1. The van der Waals surface area contributed by atoms with Crippen LogP contribution in [0.5, 0.6) is 0 Å². The van der Waals surface area contributed by atoms with Gasteiger partial charge >= 0.3 is 0 Å². The van der Waals surface area contributed by atoms with Gasteiger partial charge in [-0.15, -0.1) is 0 Å². The van der Waals surface area contributed by atoms with Crippen LogP contribution in [0.15, 0.2) is 53.8 Å². The summed E-state index contributed by atoms with van der Waals surface area (Å²) >= 11 is 0. The van der Waals surface area contributed by atoms with Crippen molar-refractivity contribution in [1.29, 1.82) is 0 Å². The van der Waals surface area contributed by atoms with Crippen molar-refractivity contribution in [1.82, 2.24) is 15.6 Å². The number of nitrogens with one attached hydrogen (secondary N) is 2. The van der Waals surface area contributed by atoms with Crippen LogP contribution in [0.3, 0.4) is 0 Å². The highest BCUT2D eigenvalue weighted by atomic mass is 15.2. The fraction of sp³-hybridized carbons (Fsp3) is 0.333. The van der Waals surface area contributed by atoms with Gasteiger partial charge in [0.2, 0.25) is 0 Å². The summed E-state index contributed by atoms with van der Waals surface area (Å²) in [7, 11) is 0. The molecule has 2 aromatic rings. The predicted octanol–water partition coefficient (Wildman–Crippen LogP) is 2.69. The van der Waals surface area contributed by atoms with Crippen LogP contribution in [0, 0.1) is 6.92 Å². The Morgan fingerprint density at radius 2 is 1.95 bits per heavy atom. The number of hydrogen-bond donors (Lipinski definition) is 2. The fourth-order valence-electron chi connectivity index (χ4n) is 2.19. The largest absolute Gasteiger partial charge is 0.357 e. The van der Waals surface area contributed by atoms with E-state index in [1.165, 1.54) is 16.7 Å². The number of pyridine rings is 1. The van der Waals surface area contributed by atoms with E-state index in [1.54, 1.807) is 0 Å². The van der Waals surface area contributed by atoms with Crippen LogP contribution in [0.25, 0.3) is 0 Å². The summed E-state index contributed by atoms with van der Waals surface area (Å²) < 4.78 is 0. The molecule has 1 aromatic heterocycles. The van der Waals surface area contributed by atoms with Crippen molar-refractivity contribution >= 4 is 5.96 Å². The van der Waals surface area contributed by atoms with E-state index in [4.69, 9.17) is 0 Å². The van der Waals surface area contributed by atoms with E-state index in [1.807, 2.05) is 30.6 Å². The summed E-state index contributed by atoms with van der Waals surface area (Å²) in [5, 5.41) is 6.67. The van der Waals surface area contributed by atoms with Crippen LogP contribution < -0.4 is 10.6 Å². The molecule has 0 aliphatic heterocycles. The zero-order valence-electron chi connectivity index (χ0n) is 13.3. The third-order valence-corrected chi connectivity index (χ3v) is 3.43. The molecule has 0 aliphatic rings. The zero-order valence-corrected chi connectivity index (χ0v) is 13.3. The molecule has 0 unspecified atom stereocenters. The van der Waals surface area contributed by atoms with Crippen molar-refractivity contribution in [3.63, 3.8) is 0 Å². The molecule has 0 saturated carbocycles. The number of nitrogens with zero attached hydrogens (tertiary/aromatic N) is 2. The number of hydrogen-bond acceptors (Lipinski definition) is 2. The number of rotatable bonds is 6. The molecule has 2 rings (SSSR count). The summed E-state index contributed by atoms with van der Waals surface area (Å²) in [6.07, 6.45) is 4.71. The topological polar surface area (TPSA) is 49.3 Å². The summed E-state index contributed by atoms with van der Waals surface area (Å²) in [4.78, 5) is 8.74. The zero-order chi connectivity index (χ0) is 15.6. The van der Waals surface area contributed by atoms with Gasteiger partial charge in [0.05, 0.1) is 6.54 Å². The van der Waals surface area contributed by atoms with Gasteiger partial charge in [-0.2, -0.15) is 0 Å². The van der Waals surface area contributed by atoms with Crippen molar-refractivity contribution in [3.8, 4) is 0 Å². The molecule has 0 saturated heterocycles. The molecule has 0 fully saturated rings. The monoisotopic (exact) mass is 296 g/mol. The maximum Gasteiger partial charge on any atom is 0.191 e. The molecular weight excluding hydrogens is 272 g/mol. The van der Waals surface area contributed by atoms with E-state index in [2.05, 4.69) is 52.7 Å². The van der Waals surface area contributed by atoms with Crippen LogP contribution in [-0.2, 0) is 13.0 Å². The molecular formula is C18H24N4. The van der Waals surface area contributed by atoms with E-state index in [-0.39, 0.29) is 0 Å². The third kappa shape index (κ3) is 5.20. The first-order valence-corrected chi connectivity index (χ1v) is 7.75. The Morgan fingerprint density at radius 1 is 1.14 bits per heavy atom. The summed E-state index contributed by atoms with van der Waals surface area (Å²) in [5.74, 6) is 0.859. The van der Waals surface area contributed by atoms with Crippen molar-refractivity contribution < 1.29 is 0 Å². The molecule has 0 radical (unpaired) electrons. The van der Waals surface area contributed by atoms with E-state index < -0.39 is 0 Å². The van der Waals surface area contributed by atoms with E-state index in [0.29, 0.717) is 6.54 Å². The Bertz CT molecular complexity index is 593. The first-order chi connectivity index (χ1) is 10.8. The molecule has 2 N–H and O–H groups in total. The van der Waals surface area contributed by atoms with E-state index in [9.17, 15) is 0 Å². The first kappa shape index (κ1) is 16.0. The van der Waals surface area contributed by atoms with Crippen LogP contribution in [0.1, 0.15) is 23.6 Å². The standard InChI is InChI=1S/C18H24N4/c1-3-20-18(22-14-16-7-5-4-6-8-16)21-12-10-17-9-11-19-13-15(17)2/h4-9,11,13H,3,10,12,14H2,1-2H3,(H2,20,21,22). The molecule has 1 heterocycles. The lowest BCUT2D eigenvalue weighted by atomic mass is 10.1. The van der Waals surface area contributed by atoms with Crippen molar-refractivity contribution in [2.75, 3.05) is 13.1 Å². The van der Waals surface area contributed by atoms with Crippen LogP contribution >= 0.6 is 0 Å². The highest BCUT2D eigenvalue weighted by Gasteiger charge is 2.00. The van der Waals surface area contributed by atoms with Gasteiger partial charge in [0.25, 0.3) is 0 Å². The summed E-state index contributed by atoms with van der Waals surface area (Å²) in [6.45, 7) is 6.56. The molecule has 0 aliphatic carbocycles. The lowest BCUT2D eigenvalue weighted by molar-refractivity contribution is 0.796. The number of aryl methyl sites for hydroxylation is 1. The Balaban J connectivity index is 1.87. The second kappa shape index (κ2) is 8.82. The average Bonchev–Trinajstić information content (AvgIpc) is 2.55. The van der Waals surface area contributed by atoms with Crippen LogP contribution in [-0.4, -0.2) is 24.0 Å². The second-order valence-electron chi connectivity index (χ2n) is 5.16. The minimum atomic E-state index is 0.685. The van der Waals surface area contributed by atoms with Gasteiger partial charge in [0.15, 0.2) is 5.96 Å². The minimum Gasteiger partial charge on any atom is -0.357 e. The maximum absolute atomic E-state index is 4.62. The molecule has 0 spiro atoms. The van der Waals surface area contributed by atoms with Crippen molar-refractivity contribution in [2.24, 2.45) is 4.99 Å². The summed E-state index contributed by atoms with van der Waals surface area (Å²) in [6, 6.07) is 12.4. The molecule has 22 heavy (non-hydrogen) atoms. The minimum absolute atomic E-state index is 0.685. The van der Waals surface area contributed by atoms with Gasteiger partial charge in [-0.25, -0.2) is 4.99 Å². The van der Waals surface area contributed by atoms with Crippen molar-refractivity contribution in [2.45, 2.75) is 26.8 Å². The first-order valence-electron chi connectivity index (χ1n) is 7.75. The maximum atomic E-state index is 4.62. The fourth-order valence-corrected chi connectivity index (χ4v) is 2.19. The van der Waals surface area contributed by atoms with Crippen LogP contribution in [0.2, 0.25) is 0 Å². The Labute approximate surface area is 132 Å². The van der Waals surface area contributed by atoms with E-state index in [0.717, 1.165) is 25.5 Å². The highest BCUT2D eigenvalue weighted by Crippen LogP contribution is 2.05. The molecule has 0 bridgehead atoms. The lowest BCUT2D eigenvalue weighted by Crippen LogP contribution is -2.38. The number of benzene rings is 1. The van der Waals surface area contributed by atoms with Gasteiger partial charge in [0.1, 0.15) is 0 Å². The summed E-state index contributed by atoms with van der Waals surface area (Å²) in [5.41, 5.74) is 3.77. The van der Waals surface area contributed by atoms with Gasteiger partial charge in [-0.1, -0.05) is 30.3 Å². The Morgan fingerprint density at radius 3 is 2.68 bits per heavy atom. The smallest absolute Gasteiger partial charge is 0.191 e. The quantitative estimate of drug-likeness (QED) is 0.636. The predicted molar refractivity (Wildman–Crippen MR) is 91.9 cm³/mol. The Kier molecular flexibility index (Phi) is 6.42. The number of aromatic nitrogens is 1. The van der Waals surface area contributed by atoms with Crippen LogP contribution in [0.4, 0.5) is 0 Å². The lowest BCUT2D eigenvalue weighted by Gasteiger charge is -2.12. The third-order valence-electron chi connectivity index (χ3n) is 3.43. The SMILES string of the molecule is CCNC(=NCc1ccccc1)NCCc1ccncc1C. The average molecular weight is 296 g/mol. The Hall–Kier alpha value is -2.36. The van der Waals surface area contributed by atoms with Gasteiger partial charge in [-0.05, 0) is 43.0 Å². The van der Waals surface area contributed by atoms with E-state index >= 15 is 0 Å². The van der Waals surface area contributed by atoms with Gasteiger partial charge < -0.3 is 10.6 Å². The molecule has 0 amide bonds.